The molecule has 1 aromatic rings. The quantitative estimate of drug-likeness (QED) is 0.511. The van der Waals surface area contributed by atoms with E-state index in [9.17, 15) is 0 Å². The summed E-state index contributed by atoms with van der Waals surface area (Å²) in [6.45, 7) is 1.81. The van der Waals surface area contributed by atoms with Crippen molar-refractivity contribution >= 4 is 17.7 Å². The maximum absolute atomic E-state index is 7.82. The molecule has 0 aromatic carbocycles. The number of ether oxygens (including phenoxy) is 1. The molecule has 0 spiro atoms. The van der Waals surface area contributed by atoms with Crippen LogP contribution in [0.1, 0.15) is 11.3 Å². The van der Waals surface area contributed by atoms with E-state index in [-0.39, 0.29) is 11.5 Å². The zero-order chi connectivity index (χ0) is 12.1. The number of methoxy groups -OCH3 is 1. The number of hydrazone groups is 1. The Morgan fingerprint density at radius 1 is 1.69 bits per heavy atom. The van der Waals surface area contributed by atoms with Crippen molar-refractivity contribution in [3.05, 3.63) is 17.3 Å². The van der Waals surface area contributed by atoms with Crippen molar-refractivity contribution in [1.29, 1.82) is 5.41 Å². The first-order chi connectivity index (χ1) is 7.60. The zero-order valence-corrected chi connectivity index (χ0v) is 9.53. The highest BCUT2D eigenvalue weighted by Gasteiger charge is 2.12. The number of anilines is 1. The molecule has 0 aliphatic heterocycles. The maximum Gasteiger partial charge on any atom is 0.170 e. The van der Waals surface area contributed by atoms with Gasteiger partial charge in [-0.15, -0.1) is 0 Å². The maximum atomic E-state index is 7.82. The molecule has 0 amide bonds. The van der Waals surface area contributed by atoms with E-state index in [4.69, 9.17) is 15.9 Å². The lowest BCUT2D eigenvalue weighted by molar-refractivity contribution is 0.414. The van der Waals surface area contributed by atoms with Gasteiger partial charge in [0.2, 0.25) is 0 Å². The molecule has 86 valence electrons. The number of rotatable bonds is 4. The Balaban J connectivity index is 3.20. The molecule has 1 heterocycles. The molecule has 0 radical (unpaired) electrons. The van der Waals surface area contributed by atoms with Crippen LogP contribution in [-0.2, 0) is 0 Å². The van der Waals surface area contributed by atoms with Crippen molar-refractivity contribution in [2.45, 2.75) is 6.92 Å². The van der Waals surface area contributed by atoms with Gasteiger partial charge in [0, 0.05) is 18.3 Å². The summed E-state index contributed by atoms with van der Waals surface area (Å²) in [5.41, 5.74) is 9.80. The highest BCUT2D eigenvalue weighted by molar-refractivity contribution is 6.37. The summed E-state index contributed by atoms with van der Waals surface area (Å²) >= 11 is 0. The molecule has 0 aliphatic rings. The molecule has 6 heteroatoms. The molecule has 0 bridgehead atoms. The van der Waals surface area contributed by atoms with Gasteiger partial charge in [0.15, 0.2) is 11.6 Å². The van der Waals surface area contributed by atoms with Gasteiger partial charge in [-0.2, -0.15) is 5.10 Å². The predicted octanol–water partition coefficient (Wildman–Crippen LogP) is 0.554. The van der Waals surface area contributed by atoms with Crippen LogP contribution in [0.3, 0.4) is 0 Å². The second-order valence-corrected chi connectivity index (χ2v) is 3.13. The molecule has 1 aromatic heterocycles. The summed E-state index contributed by atoms with van der Waals surface area (Å²) in [6.07, 6.45) is 1.39. The lowest BCUT2D eigenvalue weighted by atomic mass is 10.1. The zero-order valence-electron chi connectivity index (χ0n) is 9.53. The van der Waals surface area contributed by atoms with Gasteiger partial charge in [0.05, 0.1) is 19.0 Å². The molecule has 6 nitrogen and oxygen atoms in total. The fourth-order valence-corrected chi connectivity index (χ4v) is 1.30. The molecule has 0 saturated heterocycles. The van der Waals surface area contributed by atoms with E-state index in [2.05, 4.69) is 15.5 Å². The lowest BCUT2D eigenvalue weighted by Gasteiger charge is -2.10. The molecule has 0 atom stereocenters. The van der Waals surface area contributed by atoms with Crippen LogP contribution in [0.25, 0.3) is 0 Å². The molecule has 1 rings (SSSR count). The minimum atomic E-state index is 0.211. The molecule has 0 unspecified atom stereocenters. The van der Waals surface area contributed by atoms with Crippen LogP contribution in [0.15, 0.2) is 11.2 Å². The smallest absolute Gasteiger partial charge is 0.170 e. The molecule has 0 saturated carbocycles. The first-order valence-electron chi connectivity index (χ1n) is 4.70. The number of nitrogens with two attached hydrogens (primary N) is 1. The third kappa shape index (κ3) is 2.47. The number of aryl methyl sites for hydroxylation is 1. The summed E-state index contributed by atoms with van der Waals surface area (Å²) in [6, 6.07) is 1.74. The second-order valence-electron chi connectivity index (χ2n) is 3.13. The van der Waals surface area contributed by atoms with Gasteiger partial charge in [-0.1, -0.05) is 0 Å². The van der Waals surface area contributed by atoms with E-state index in [1.165, 1.54) is 13.3 Å². The fourth-order valence-electron chi connectivity index (χ4n) is 1.30. The number of nitrogen functional groups attached to an aromatic ring is 1. The van der Waals surface area contributed by atoms with Crippen LogP contribution in [0.5, 0.6) is 5.75 Å². The van der Waals surface area contributed by atoms with E-state index < -0.39 is 0 Å². The Bertz CT molecular complexity index is 427. The van der Waals surface area contributed by atoms with Gasteiger partial charge in [0.1, 0.15) is 0 Å². The number of nitrogens with one attached hydrogen (secondary N) is 2. The Morgan fingerprint density at radius 2 is 2.38 bits per heavy atom. The highest BCUT2D eigenvalue weighted by Crippen LogP contribution is 2.25. The average molecular weight is 221 g/mol. The summed E-state index contributed by atoms with van der Waals surface area (Å²) in [4.78, 5) is 4.06. The van der Waals surface area contributed by atoms with Crippen molar-refractivity contribution in [3.63, 3.8) is 0 Å². The van der Waals surface area contributed by atoms with Crippen molar-refractivity contribution in [2.75, 3.05) is 19.9 Å². The molecular weight excluding hydrogens is 206 g/mol. The first-order valence-corrected chi connectivity index (χ1v) is 4.70. The van der Waals surface area contributed by atoms with Gasteiger partial charge < -0.3 is 15.9 Å². The third-order valence-electron chi connectivity index (χ3n) is 1.94. The van der Waals surface area contributed by atoms with Gasteiger partial charge in [-0.05, 0) is 13.0 Å². The van der Waals surface area contributed by atoms with Crippen molar-refractivity contribution in [3.8, 4) is 5.75 Å². The van der Waals surface area contributed by atoms with Crippen molar-refractivity contribution in [2.24, 2.45) is 5.10 Å². The summed E-state index contributed by atoms with van der Waals surface area (Å²) < 4.78 is 5.12. The van der Waals surface area contributed by atoms with E-state index in [0.29, 0.717) is 11.3 Å². The van der Waals surface area contributed by atoms with Crippen LogP contribution in [0, 0.1) is 12.3 Å². The molecule has 16 heavy (non-hydrogen) atoms. The molecular formula is C10H15N5O. The fraction of sp³-hybridized carbons (Fsp3) is 0.300. The number of hydrogen-bond acceptors (Lipinski definition) is 6. The van der Waals surface area contributed by atoms with Crippen LogP contribution in [0.2, 0.25) is 0 Å². The Kier molecular flexibility index (Phi) is 3.82. The van der Waals surface area contributed by atoms with Crippen molar-refractivity contribution in [1.82, 2.24) is 10.4 Å². The number of pyridine rings is 1. The van der Waals surface area contributed by atoms with Gasteiger partial charge >= 0.3 is 0 Å². The lowest BCUT2D eigenvalue weighted by Crippen LogP contribution is -2.09. The monoisotopic (exact) mass is 221 g/mol. The van der Waals surface area contributed by atoms with E-state index in [0.717, 1.165) is 5.69 Å². The van der Waals surface area contributed by atoms with Crippen LogP contribution < -0.4 is 15.9 Å². The predicted molar refractivity (Wildman–Crippen MR) is 64.3 cm³/mol. The Labute approximate surface area is 94.0 Å². The number of hydrogen-bond donors (Lipinski definition) is 3. The van der Waals surface area contributed by atoms with E-state index in [1.807, 2.05) is 6.92 Å². The second kappa shape index (κ2) is 5.11. The van der Waals surface area contributed by atoms with Crippen molar-refractivity contribution < 1.29 is 4.74 Å². The SMILES string of the molecule is CN/N=C\C(=N)c1cc(C)nc(N)c1OC. The normalized spacial score (nSPS) is 10.4. The highest BCUT2D eigenvalue weighted by atomic mass is 16.5. The topological polar surface area (TPSA) is 96.4 Å². The summed E-state index contributed by atoms with van der Waals surface area (Å²) in [5, 5.41) is 11.6. The minimum Gasteiger partial charge on any atom is -0.492 e. The van der Waals surface area contributed by atoms with E-state index >= 15 is 0 Å². The molecule has 4 N–H and O–H groups in total. The Morgan fingerprint density at radius 3 is 2.94 bits per heavy atom. The van der Waals surface area contributed by atoms with Gasteiger partial charge in [-0.3, -0.25) is 5.41 Å². The van der Waals surface area contributed by atoms with Gasteiger partial charge in [-0.25, -0.2) is 4.98 Å². The first kappa shape index (κ1) is 12.0. The van der Waals surface area contributed by atoms with E-state index in [1.54, 1.807) is 13.1 Å². The minimum absolute atomic E-state index is 0.211. The van der Waals surface area contributed by atoms with Gasteiger partial charge in [0.25, 0.3) is 0 Å². The molecule has 0 aliphatic carbocycles. The molecule has 0 fully saturated rings. The number of nitrogens with zero attached hydrogens (tertiary/aromatic N) is 2. The number of aromatic nitrogens is 1. The summed E-state index contributed by atoms with van der Waals surface area (Å²) in [7, 11) is 3.15. The average Bonchev–Trinajstić information content (AvgIpc) is 2.24. The largest absolute Gasteiger partial charge is 0.492 e. The van der Waals surface area contributed by atoms with Crippen LogP contribution in [-0.4, -0.2) is 31.1 Å². The standard InChI is InChI=1S/C10H15N5O/c1-6-4-7(8(11)5-14-13-2)9(16-3)10(12)15-6/h4-5,11,13H,1-3H3,(H2,12,15)/b11-8?,14-5-. The van der Waals surface area contributed by atoms with Crippen LogP contribution >= 0.6 is 0 Å². The Hall–Kier alpha value is -2.11. The summed E-state index contributed by atoms with van der Waals surface area (Å²) in [5.74, 6) is 0.679. The third-order valence-corrected chi connectivity index (χ3v) is 1.94. The van der Waals surface area contributed by atoms with Crippen LogP contribution in [0.4, 0.5) is 5.82 Å².